The highest BCUT2D eigenvalue weighted by Gasteiger charge is 2.39. The molecule has 130 valence electrons. The van der Waals surface area contributed by atoms with Crippen molar-refractivity contribution >= 4 is 5.69 Å². The summed E-state index contributed by atoms with van der Waals surface area (Å²) >= 11 is 0. The second-order valence-corrected chi connectivity index (χ2v) is 8.94. The van der Waals surface area contributed by atoms with E-state index in [2.05, 4.69) is 76.1 Å². The molecular formula is C21H36N2. The maximum atomic E-state index is 3.43. The molecule has 1 N–H and O–H groups in total. The minimum atomic E-state index is 0.432. The van der Waals surface area contributed by atoms with Crippen molar-refractivity contribution in [1.82, 2.24) is 5.32 Å². The molecule has 2 heteroatoms. The van der Waals surface area contributed by atoms with Gasteiger partial charge in [-0.1, -0.05) is 52.8 Å². The average Bonchev–Trinajstić information content (AvgIpc) is 2.44. The number of para-hydroxylation sites is 1. The number of nitrogens with zero attached hydrogens (tertiary/aromatic N) is 1. The summed E-state index contributed by atoms with van der Waals surface area (Å²) in [4.78, 5) is 2.42. The van der Waals surface area contributed by atoms with Crippen molar-refractivity contribution in [3.63, 3.8) is 0 Å². The minimum absolute atomic E-state index is 0.432. The van der Waals surface area contributed by atoms with Gasteiger partial charge in [0.1, 0.15) is 0 Å². The highest BCUT2D eigenvalue weighted by atomic mass is 15.1. The lowest BCUT2D eigenvalue weighted by molar-refractivity contribution is 0.0970. The summed E-state index contributed by atoms with van der Waals surface area (Å²) in [6.45, 7) is 15.1. The second kappa shape index (κ2) is 7.25. The molecule has 0 unspecified atom stereocenters. The van der Waals surface area contributed by atoms with Crippen LogP contribution in [0.4, 0.5) is 5.69 Å². The summed E-state index contributed by atoms with van der Waals surface area (Å²) in [5, 5.41) is 3.43. The van der Waals surface area contributed by atoms with Gasteiger partial charge in [0.05, 0.1) is 0 Å². The summed E-state index contributed by atoms with van der Waals surface area (Å²) < 4.78 is 0. The van der Waals surface area contributed by atoms with Gasteiger partial charge in [0.25, 0.3) is 0 Å². The SMILES string of the molecule is CCNCCN(C)c1ccccc1C1CC(C)(C)CC(C)(C)C1. The van der Waals surface area contributed by atoms with Gasteiger partial charge in [-0.05, 0) is 54.2 Å². The van der Waals surface area contributed by atoms with E-state index in [1.807, 2.05) is 0 Å². The van der Waals surface area contributed by atoms with Crippen LogP contribution in [0.25, 0.3) is 0 Å². The molecule has 1 fully saturated rings. The number of anilines is 1. The van der Waals surface area contributed by atoms with Crippen molar-refractivity contribution in [2.45, 2.75) is 59.8 Å². The van der Waals surface area contributed by atoms with Crippen LogP contribution >= 0.6 is 0 Å². The molecular weight excluding hydrogens is 280 g/mol. The third-order valence-electron chi connectivity index (χ3n) is 5.22. The molecule has 0 atom stereocenters. The van der Waals surface area contributed by atoms with Crippen LogP contribution in [-0.4, -0.2) is 26.7 Å². The van der Waals surface area contributed by atoms with Crippen molar-refractivity contribution in [1.29, 1.82) is 0 Å². The lowest BCUT2D eigenvalue weighted by atomic mass is 9.60. The van der Waals surface area contributed by atoms with Gasteiger partial charge in [0.2, 0.25) is 0 Å². The number of likely N-dealkylation sites (N-methyl/N-ethyl adjacent to an activating group) is 2. The zero-order valence-corrected chi connectivity index (χ0v) is 16.1. The fraction of sp³-hybridized carbons (Fsp3) is 0.714. The minimum Gasteiger partial charge on any atom is -0.373 e. The van der Waals surface area contributed by atoms with Crippen molar-refractivity contribution in [2.24, 2.45) is 10.8 Å². The van der Waals surface area contributed by atoms with Crippen molar-refractivity contribution in [3.05, 3.63) is 29.8 Å². The molecule has 1 aliphatic carbocycles. The van der Waals surface area contributed by atoms with Crippen LogP contribution < -0.4 is 10.2 Å². The fourth-order valence-corrected chi connectivity index (χ4v) is 4.79. The molecule has 0 aliphatic heterocycles. The molecule has 0 aromatic heterocycles. The normalized spacial score (nSPS) is 20.4. The topological polar surface area (TPSA) is 15.3 Å². The van der Waals surface area contributed by atoms with E-state index in [0.717, 1.165) is 19.6 Å². The third-order valence-corrected chi connectivity index (χ3v) is 5.22. The van der Waals surface area contributed by atoms with E-state index in [1.165, 1.54) is 24.9 Å². The Morgan fingerprint density at radius 2 is 1.70 bits per heavy atom. The monoisotopic (exact) mass is 316 g/mol. The number of hydrogen-bond acceptors (Lipinski definition) is 2. The molecule has 0 amide bonds. The van der Waals surface area contributed by atoms with E-state index in [1.54, 1.807) is 5.56 Å². The second-order valence-electron chi connectivity index (χ2n) is 8.94. The Bertz CT molecular complexity index is 488. The smallest absolute Gasteiger partial charge is 0.0399 e. The summed E-state index contributed by atoms with van der Waals surface area (Å²) in [6.07, 6.45) is 3.93. The summed E-state index contributed by atoms with van der Waals surface area (Å²) in [5.41, 5.74) is 3.83. The molecule has 1 aromatic rings. The fourth-order valence-electron chi connectivity index (χ4n) is 4.79. The van der Waals surface area contributed by atoms with Crippen LogP contribution in [0.2, 0.25) is 0 Å². The molecule has 1 aromatic carbocycles. The average molecular weight is 317 g/mol. The zero-order chi connectivity index (χ0) is 17.1. The summed E-state index contributed by atoms with van der Waals surface area (Å²) in [6, 6.07) is 9.06. The Labute approximate surface area is 143 Å². The van der Waals surface area contributed by atoms with Crippen molar-refractivity contribution < 1.29 is 0 Å². The quantitative estimate of drug-likeness (QED) is 0.739. The first kappa shape index (κ1) is 18.3. The lowest BCUT2D eigenvalue weighted by Gasteiger charge is -2.46. The molecule has 2 nitrogen and oxygen atoms in total. The number of nitrogens with one attached hydrogen (secondary N) is 1. The Morgan fingerprint density at radius 3 is 2.30 bits per heavy atom. The van der Waals surface area contributed by atoms with E-state index >= 15 is 0 Å². The first-order valence-corrected chi connectivity index (χ1v) is 9.25. The van der Waals surface area contributed by atoms with Crippen LogP contribution in [-0.2, 0) is 0 Å². The highest BCUT2D eigenvalue weighted by molar-refractivity contribution is 5.55. The number of rotatable bonds is 6. The lowest BCUT2D eigenvalue weighted by Crippen LogP contribution is -2.34. The molecule has 0 bridgehead atoms. The van der Waals surface area contributed by atoms with Gasteiger partial charge in [0.15, 0.2) is 0 Å². The third kappa shape index (κ3) is 4.97. The van der Waals surface area contributed by atoms with Gasteiger partial charge in [0, 0.05) is 25.8 Å². The van der Waals surface area contributed by atoms with Crippen LogP contribution in [0, 0.1) is 10.8 Å². The van der Waals surface area contributed by atoms with Crippen LogP contribution in [0.5, 0.6) is 0 Å². The van der Waals surface area contributed by atoms with E-state index < -0.39 is 0 Å². The highest BCUT2D eigenvalue weighted by Crippen LogP contribution is 2.52. The summed E-state index contributed by atoms with van der Waals surface area (Å²) in [7, 11) is 2.23. The van der Waals surface area contributed by atoms with Crippen LogP contribution in [0.15, 0.2) is 24.3 Å². The van der Waals surface area contributed by atoms with E-state index in [-0.39, 0.29) is 0 Å². The number of hydrogen-bond donors (Lipinski definition) is 1. The van der Waals surface area contributed by atoms with Crippen molar-refractivity contribution in [3.8, 4) is 0 Å². The zero-order valence-electron chi connectivity index (χ0n) is 16.1. The van der Waals surface area contributed by atoms with Crippen molar-refractivity contribution in [2.75, 3.05) is 31.6 Å². The Morgan fingerprint density at radius 1 is 1.09 bits per heavy atom. The molecule has 0 radical (unpaired) electrons. The molecule has 1 aliphatic rings. The first-order valence-electron chi connectivity index (χ1n) is 9.25. The molecule has 0 saturated heterocycles. The van der Waals surface area contributed by atoms with Crippen LogP contribution in [0.3, 0.4) is 0 Å². The molecule has 23 heavy (non-hydrogen) atoms. The molecule has 0 heterocycles. The van der Waals surface area contributed by atoms with Gasteiger partial charge in [-0.2, -0.15) is 0 Å². The molecule has 0 spiro atoms. The standard InChI is InChI=1S/C21H36N2/c1-7-22-12-13-23(6)19-11-9-8-10-18(19)17-14-20(2,3)16-21(4,5)15-17/h8-11,17,22H,7,12-16H2,1-6H3. The Balaban J connectivity index is 2.22. The summed E-state index contributed by atoms with van der Waals surface area (Å²) in [5.74, 6) is 0.673. The molecule has 2 rings (SSSR count). The van der Waals surface area contributed by atoms with E-state index in [4.69, 9.17) is 0 Å². The maximum absolute atomic E-state index is 3.43. The number of benzene rings is 1. The maximum Gasteiger partial charge on any atom is 0.0399 e. The first-order chi connectivity index (χ1) is 10.7. The van der Waals surface area contributed by atoms with Crippen LogP contribution in [0.1, 0.15) is 65.4 Å². The van der Waals surface area contributed by atoms with Gasteiger partial charge < -0.3 is 10.2 Å². The van der Waals surface area contributed by atoms with Gasteiger partial charge in [-0.25, -0.2) is 0 Å². The predicted octanol–water partition coefficient (Wildman–Crippen LogP) is 5.05. The van der Waals surface area contributed by atoms with Gasteiger partial charge >= 0.3 is 0 Å². The van der Waals surface area contributed by atoms with E-state index in [9.17, 15) is 0 Å². The van der Waals surface area contributed by atoms with Gasteiger partial charge in [-0.15, -0.1) is 0 Å². The molecule has 1 saturated carbocycles. The van der Waals surface area contributed by atoms with E-state index in [0.29, 0.717) is 16.7 Å². The Kier molecular flexibility index (Phi) is 5.78. The van der Waals surface area contributed by atoms with Gasteiger partial charge in [-0.3, -0.25) is 0 Å². The largest absolute Gasteiger partial charge is 0.373 e. The predicted molar refractivity (Wildman–Crippen MR) is 102 cm³/mol. The Hall–Kier alpha value is -1.02.